The van der Waals surface area contributed by atoms with Crippen LogP contribution >= 0.6 is 0 Å². The van der Waals surface area contributed by atoms with Crippen molar-refractivity contribution in [2.45, 2.75) is 6.42 Å². The van der Waals surface area contributed by atoms with Crippen molar-refractivity contribution in [1.29, 1.82) is 0 Å². The lowest BCUT2D eigenvalue weighted by atomic mass is 10.2. The van der Waals surface area contributed by atoms with Gasteiger partial charge in [-0.15, -0.1) is 0 Å². The summed E-state index contributed by atoms with van der Waals surface area (Å²) in [5, 5.41) is 2.97. The zero-order valence-corrected chi connectivity index (χ0v) is 15.4. The maximum absolute atomic E-state index is 12.2. The van der Waals surface area contributed by atoms with Crippen molar-refractivity contribution in [2.24, 2.45) is 0 Å². The second kappa shape index (κ2) is 8.62. The van der Waals surface area contributed by atoms with Crippen molar-refractivity contribution in [3.8, 4) is 0 Å². The van der Waals surface area contributed by atoms with Gasteiger partial charge in [-0.2, -0.15) is 0 Å². The minimum Gasteiger partial charge on any atom is -0.378 e. The normalized spacial score (nSPS) is 14.9. The summed E-state index contributed by atoms with van der Waals surface area (Å²) in [5.74, 6) is 0.836. The van der Waals surface area contributed by atoms with Crippen molar-refractivity contribution >= 4 is 23.2 Å². The molecule has 1 aromatic heterocycles. The molecule has 1 aliphatic heterocycles. The van der Waals surface area contributed by atoms with Gasteiger partial charge in [0.25, 0.3) is 0 Å². The number of nitrogens with one attached hydrogen (secondary N) is 1. The van der Waals surface area contributed by atoms with Crippen LogP contribution in [-0.2, 0) is 4.79 Å². The summed E-state index contributed by atoms with van der Waals surface area (Å²) in [5.41, 5.74) is 1.95. The average Bonchev–Trinajstić information content (AvgIpc) is 2.68. The molecule has 0 bridgehead atoms. The Hall–Kier alpha value is -2.67. The maximum Gasteiger partial charge on any atom is 0.225 e. The van der Waals surface area contributed by atoms with Crippen LogP contribution in [0.15, 0.2) is 42.7 Å². The lowest BCUT2D eigenvalue weighted by Crippen LogP contribution is -2.47. The highest BCUT2D eigenvalue weighted by Crippen LogP contribution is 2.16. The highest BCUT2D eigenvalue weighted by molar-refractivity contribution is 5.91. The van der Waals surface area contributed by atoms with E-state index in [9.17, 15) is 4.79 Å². The Morgan fingerprint density at radius 2 is 1.73 bits per heavy atom. The molecule has 26 heavy (non-hydrogen) atoms. The first-order valence-electron chi connectivity index (χ1n) is 8.93. The molecule has 1 aliphatic rings. The summed E-state index contributed by atoms with van der Waals surface area (Å²) in [7, 11) is 3.99. The largest absolute Gasteiger partial charge is 0.378 e. The summed E-state index contributed by atoms with van der Waals surface area (Å²) in [6.07, 6.45) is 4.03. The summed E-state index contributed by atoms with van der Waals surface area (Å²) >= 11 is 0. The van der Waals surface area contributed by atoms with Crippen LogP contribution in [0.3, 0.4) is 0 Å². The van der Waals surface area contributed by atoms with Gasteiger partial charge in [-0.1, -0.05) is 0 Å². The fraction of sp³-hybridized carbons (Fsp3) is 0.421. The predicted octanol–water partition coefficient (Wildman–Crippen LogP) is 1.69. The number of amides is 1. The first-order chi connectivity index (χ1) is 12.6. The SMILES string of the molecule is CN(C)c1ccc(NC(=O)CCN2CCN(c3ncccn3)CC2)cc1. The molecule has 7 heteroatoms. The molecular weight excluding hydrogens is 328 g/mol. The van der Waals surface area contributed by atoms with Crippen LogP contribution in [0, 0.1) is 0 Å². The van der Waals surface area contributed by atoms with E-state index in [1.165, 1.54) is 0 Å². The fourth-order valence-corrected chi connectivity index (χ4v) is 2.95. The summed E-state index contributed by atoms with van der Waals surface area (Å²) in [6, 6.07) is 9.70. The Kier molecular flexibility index (Phi) is 6.01. The highest BCUT2D eigenvalue weighted by atomic mass is 16.1. The molecule has 7 nitrogen and oxygen atoms in total. The van der Waals surface area contributed by atoms with Gasteiger partial charge in [-0.25, -0.2) is 9.97 Å². The Morgan fingerprint density at radius 3 is 2.35 bits per heavy atom. The van der Waals surface area contributed by atoms with E-state index in [4.69, 9.17) is 0 Å². The van der Waals surface area contributed by atoms with E-state index >= 15 is 0 Å². The lowest BCUT2D eigenvalue weighted by molar-refractivity contribution is -0.116. The number of carbonyl (C=O) groups excluding carboxylic acids is 1. The van der Waals surface area contributed by atoms with Gasteiger partial charge in [-0.3, -0.25) is 9.69 Å². The number of carbonyl (C=O) groups is 1. The molecule has 0 aliphatic carbocycles. The van der Waals surface area contributed by atoms with Gasteiger partial charge in [0, 0.05) is 77.0 Å². The molecule has 1 fully saturated rings. The van der Waals surface area contributed by atoms with Crippen LogP contribution in [0.25, 0.3) is 0 Å². The van der Waals surface area contributed by atoms with Crippen molar-refractivity contribution in [3.05, 3.63) is 42.7 Å². The number of benzene rings is 1. The number of piperazine rings is 1. The summed E-state index contributed by atoms with van der Waals surface area (Å²) < 4.78 is 0. The zero-order chi connectivity index (χ0) is 18.4. The van der Waals surface area contributed by atoms with Crippen LogP contribution in [0.5, 0.6) is 0 Å². The number of nitrogens with zero attached hydrogens (tertiary/aromatic N) is 5. The molecule has 0 atom stereocenters. The van der Waals surface area contributed by atoms with Crippen LogP contribution in [0.4, 0.5) is 17.3 Å². The van der Waals surface area contributed by atoms with Gasteiger partial charge in [0.15, 0.2) is 0 Å². The van der Waals surface area contributed by atoms with E-state index in [0.29, 0.717) is 6.42 Å². The molecule has 3 rings (SSSR count). The number of hydrogen-bond donors (Lipinski definition) is 1. The third-order valence-corrected chi connectivity index (χ3v) is 4.53. The number of rotatable bonds is 6. The van der Waals surface area contributed by atoms with E-state index in [0.717, 1.165) is 50.0 Å². The molecule has 138 valence electrons. The molecule has 2 aromatic rings. The molecule has 1 amide bonds. The van der Waals surface area contributed by atoms with E-state index in [2.05, 4.69) is 25.1 Å². The van der Waals surface area contributed by atoms with Crippen molar-refractivity contribution in [3.63, 3.8) is 0 Å². The average molecular weight is 354 g/mol. The Morgan fingerprint density at radius 1 is 1.08 bits per heavy atom. The van der Waals surface area contributed by atoms with Gasteiger partial charge >= 0.3 is 0 Å². The summed E-state index contributed by atoms with van der Waals surface area (Å²) in [6.45, 7) is 4.38. The topological polar surface area (TPSA) is 64.6 Å². The summed E-state index contributed by atoms with van der Waals surface area (Å²) in [4.78, 5) is 27.3. The molecule has 0 spiro atoms. The molecule has 0 radical (unpaired) electrons. The predicted molar refractivity (Wildman–Crippen MR) is 105 cm³/mol. The third-order valence-electron chi connectivity index (χ3n) is 4.53. The Balaban J connectivity index is 1.40. The first kappa shape index (κ1) is 18.1. The van der Waals surface area contributed by atoms with Gasteiger partial charge in [0.2, 0.25) is 11.9 Å². The number of anilines is 3. The minimum atomic E-state index is 0.0522. The third kappa shape index (κ3) is 4.92. The second-order valence-electron chi connectivity index (χ2n) is 6.62. The molecule has 0 unspecified atom stereocenters. The van der Waals surface area contributed by atoms with E-state index < -0.39 is 0 Å². The molecule has 1 saturated heterocycles. The van der Waals surface area contributed by atoms with Crippen LogP contribution < -0.4 is 15.1 Å². The van der Waals surface area contributed by atoms with Crippen LogP contribution in [-0.4, -0.2) is 67.6 Å². The Bertz CT molecular complexity index is 696. The first-order valence-corrected chi connectivity index (χ1v) is 8.93. The fourth-order valence-electron chi connectivity index (χ4n) is 2.95. The highest BCUT2D eigenvalue weighted by Gasteiger charge is 2.19. The van der Waals surface area contributed by atoms with Crippen molar-refractivity contribution in [1.82, 2.24) is 14.9 Å². The maximum atomic E-state index is 12.2. The van der Waals surface area contributed by atoms with E-state index in [-0.39, 0.29) is 5.91 Å². The van der Waals surface area contributed by atoms with Gasteiger partial charge in [0.1, 0.15) is 0 Å². The van der Waals surface area contributed by atoms with Crippen molar-refractivity contribution in [2.75, 3.05) is 61.9 Å². The molecule has 1 N–H and O–H groups in total. The smallest absolute Gasteiger partial charge is 0.225 e. The monoisotopic (exact) mass is 354 g/mol. The molecule has 1 aromatic carbocycles. The van der Waals surface area contributed by atoms with Gasteiger partial charge in [0.05, 0.1) is 0 Å². The lowest BCUT2D eigenvalue weighted by Gasteiger charge is -2.34. The molecular formula is C19H26N6O. The van der Waals surface area contributed by atoms with E-state index in [1.807, 2.05) is 49.3 Å². The molecule has 2 heterocycles. The standard InChI is InChI=1S/C19H26N6O/c1-23(2)17-6-4-16(5-7-17)22-18(26)8-11-24-12-14-25(15-13-24)19-20-9-3-10-21-19/h3-7,9-10H,8,11-15H2,1-2H3,(H,22,26). The molecule has 0 saturated carbocycles. The quantitative estimate of drug-likeness (QED) is 0.852. The number of hydrogen-bond acceptors (Lipinski definition) is 6. The van der Waals surface area contributed by atoms with Crippen molar-refractivity contribution < 1.29 is 4.79 Å². The van der Waals surface area contributed by atoms with Crippen LogP contribution in [0.2, 0.25) is 0 Å². The number of aromatic nitrogens is 2. The Labute approximate surface area is 154 Å². The second-order valence-corrected chi connectivity index (χ2v) is 6.62. The zero-order valence-electron chi connectivity index (χ0n) is 15.4. The van der Waals surface area contributed by atoms with Crippen LogP contribution in [0.1, 0.15) is 6.42 Å². The van der Waals surface area contributed by atoms with E-state index in [1.54, 1.807) is 12.4 Å². The minimum absolute atomic E-state index is 0.0522. The van der Waals surface area contributed by atoms with Gasteiger partial charge in [-0.05, 0) is 30.3 Å². The van der Waals surface area contributed by atoms with Gasteiger partial charge < -0.3 is 15.1 Å².